The van der Waals surface area contributed by atoms with E-state index in [9.17, 15) is 9.59 Å². The van der Waals surface area contributed by atoms with Crippen molar-refractivity contribution in [1.29, 1.82) is 0 Å². The first-order valence-corrected chi connectivity index (χ1v) is 14.1. The van der Waals surface area contributed by atoms with Gasteiger partial charge in [0.15, 0.2) is 28.8 Å². The second-order valence-electron chi connectivity index (χ2n) is 10.1. The lowest BCUT2D eigenvalue weighted by atomic mass is 9.69. The highest BCUT2D eigenvalue weighted by molar-refractivity contribution is 9.10. The van der Waals surface area contributed by atoms with Gasteiger partial charge in [-0.2, -0.15) is 0 Å². The summed E-state index contributed by atoms with van der Waals surface area (Å²) in [5.41, 5.74) is 3.55. The number of carbonyl (C=O) groups is 2. The molecule has 2 aliphatic rings. The Balaban J connectivity index is 1.84. The highest BCUT2D eigenvalue weighted by Gasteiger charge is 2.46. The summed E-state index contributed by atoms with van der Waals surface area (Å²) in [7, 11) is 6.30. The van der Waals surface area contributed by atoms with Gasteiger partial charge in [-0.1, -0.05) is 28.9 Å². The molecule has 214 valence electrons. The predicted molar refractivity (Wildman–Crippen MR) is 156 cm³/mol. The number of rotatable bonds is 9. The molecule has 1 heterocycles. The minimum Gasteiger partial charge on any atom is -0.493 e. The number of esters is 1. The van der Waals surface area contributed by atoms with Gasteiger partial charge in [0.25, 0.3) is 0 Å². The molecule has 0 aromatic heterocycles. The number of aliphatic imine (C=N–C) groups is 1. The topological polar surface area (TPSA) is 92.7 Å². The van der Waals surface area contributed by atoms with Gasteiger partial charge in [0.1, 0.15) is 5.92 Å². The molecule has 0 spiro atoms. The summed E-state index contributed by atoms with van der Waals surface area (Å²) in [6, 6.07) is 9.35. The normalized spacial score (nSPS) is 21.2. The summed E-state index contributed by atoms with van der Waals surface area (Å²) in [4.78, 5) is 32.5. The van der Waals surface area contributed by atoms with E-state index in [-0.39, 0.29) is 24.2 Å². The molecular formula is C31H36BrNO7. The first-order valence-electron chi connectivity index (χ1n) is 13.3. The quantitative estimate of drug-likeness (QED) is 0.302. The molecular weight excluding hydrogens is 578 g/mol. The smallest absolute Gasteiger partial charge is 0.315 e. The Morgan fingerprint density at radius 3 is 2.23 bits per heavy atom. The van der Waals surface area contributed by atoms with Gasteiger partial charge in [0.05, 0.1) is 34.5 Å². The maximum Gasteiger partial charge on any atom is 0.315 e. The van der Waals surface area contributed by atoms with E-state index < -0.39 is 17.8 Å². The molecule has 2 aromatic carbocycles. The number of carbonyl (C=O) groups excluding carboxylic acids is 2. The van der Waals surface area contributed by atoms with Crippen LogP contribution < -0.4 is 18.9 Å². The summed E-state index contributed by atoms with van der Waals surface area (Å²) < 4.78 is 28.5. The van der Waals surface area contributed by atoms with Crippen molar-refractivity contribution in [3.05, 3.63) is 57.2 Å². The number of nitrogens with zero attached hydrogens (tertiary/aromatic N) is 1. The Labute approximate surface area is 243 Å². The highest BCUT2D eigenvalue weighted by atomic mass is 79.9. The maximum absolute atomic E-state index is 14.0. The Morgan fingerprint density at radius 2 is 1.60 bits per heavy atom. The van der Waals surface area contributed by atoms with Crippen molar-refractivity contribution in [1.82, 2.24) is 0 Å². The molecule has 4 rings (SSSR count). The van der Waals surface area contributed by atoms with Crippen LogP contribution in [-0.4, -0.2) is 52.0 Å². The molecule has 40 heavy (non-hydrogen) atoms. The Bertz CT molecular complexity index is 1370. The van der Waals surface area contributed by atoms with Gasteiger partial charge in [-0.15, -0.1) is 0 Å². The third-order valence-electron chi connectivity index (χ3n) is 7.75. The van der Waals surface area contributed by atoms with Gasteiger partial charge >= 0.3 is 5.97 Å². The lowest BCUT2D eigenvalue weighted by Gasteiger charge is -2.37. The molecule has 0 radical (unpaired) electrons. The van der Waals surface area contributed by atoms with Crippen LogP contribution >= 0.6 is 15.9 Å². The summed E-state index contributed by atoms with van der Waals surface area (Å²) in [6.07, 6.45) is 1.24. The number of ether oxygens (including phenoxy) is 5. The zero-order valence-corrected chi connectivity index (χ0v) is 25.6. The van der Waals surface area contributed by atoms with Crippen molar-refractivity contribution < 1.29 is 33.3 Å². The van der Waals surface area contributed by atoms with E-state index in [4.69, 9.17) is 28.7 Å². The minimum atomic E-state index is -0.760. The van der Waals surface area contributed by atoms with E-state index in [1.807, 2.05) is 45.0 Å². The fraction of sp³-hybridized carbons (Fsp3) is 0.452. The summed E-state index contributed by atoms with van der Waals surface area (Å²) in [5.74, 6) is 0.367. The first-order chi connectivity index (χ1) is 19.2. The molecule has 0 N–H and O–H groups in total. The molecule has 1 aliphatic carbocycles. The predicted octanol–water partition coefficient (Wildman–Crippen LogP) is 6.40. The van der Waals surface area contributed by atoms with Crippen LogP contribution in [0.3, 0.4) is 0 Å². The second kappa shape index (κ2) is 12.5. The van der Waals surface area contributed by atoms with Crippen molar-refractivity contribution in [2.75, 3.05) is 28.4 Å². The van der Waals surface area contributed by atoms with E-state index >= 15 is 0 Å². The van der Waals surface area contributed by atoms with Crippen molar-refractivity contribution >= 4 is 33.4 Å². The second-order valence-corrected chi connectivity index (χ2v) is 11.0. The van der Waals surface area contributed by atoms with Crippen LogP contribution in [0.5, 0.6) is 23.0 Å². The van der Waals surface area contributed by atoms with E-state index in [1.165, 1.54) is 0 Å². The number of allylic oxidation sites excluding steroid dienone is 2. The number of Topliss-reactive ketones (excluding diaryl/α,β-unsaturated/α-hetero) is 1. The van der Waals surface area contributed by atoms with Crippen LogP contribution in [0.4, 0.5) is 0 Å². The van der Waals surface area contributed by atoms with Crippen molar-refractivity contribution in [2.24, 2.45) is 10.9 Å². The molecule has 1 unspecified atom stereocenters. The van der Waals surface area contributed by atoms with Crippen LogP contribution in [0.25, 0.3) is 0 Å². The van der Waals surface area contributed by atoms with Gasteiger partial charge in [-0.3, -0.25) is 14.6 Å². The Hall–Kier alpha value is -3.33. The molecule has 9 heteroatoms. The summed E-state index contributed by atoms with van der Waals surface area (Å²) in [5, 5.41) is 0. The van der Waals surface area contributed by atoms with Crippen LogP contribution in [0, 0.1) is 5.92 Å². The van der Waals surface area contributed by atoms with Crippen molar-refractivity contribution in [3.63, 3.8) is 0 Å². The molecule has 0 saturated heterocycles. The zero-order valence-electron chi connectivity index (χ0n) is 24.0. The standard InChI is InChI=1S/C31H36BrNO7/c1-8-16(2)40-31(35)28-17(3)33-22-11-19(18-9-10-24(36-4)25(13-18)37-5)12-23(34)30(22)29(28)20-14-26(38-6)27(39-7)15-21(20)32/h9-10,13-16,19,28-29H,8,11-12H2,1-7H3/t16-,19-,28?,29-/m1/s1. The lowest BCUT2D eigenvalue weighted by molar-refractivity contribution is -0.151. The van der Waals surface area contributed by atoms with Gasteiger partial charge in [-0.05, 0) is 68.0 Å². The molecule has 0 fully saturated rings. The largest absolute Gasteiger partial charge is 0.493 e. The summed E-state index contributed by atoms with van der Waals surface area (Å²) in [6.45, 7) is 5.65. The Kier molecular flexibility index (Phi) is 9.23. The minimum absolute atomic E-state index is 0.0506. The lowest BCUT2D eigenvalue weighted by Crippen LogP contribution is -2.39. The van der Waals surface area contributed by atoms with Gasteiger partial charge in [0.2, 0.25) is 0 Å². The third kappa shape index (κ3) is 5.61. The number of halogens is 1. The van der Waals surface area contributed by atoms with Crippen molar-refractivity contribution in [3.8, 4) is 23.0 Å². The average Bonchev–Trinajstić information content (AvgIpc) is 2.95. The molecule has 1 aliphatic heterocycles. The van der Waals surface area contributed by atoms with Crippen LogP contribution in [0.2, 0.25) is 0 Å². The molecule has 2 aromatic rings. The zero-order chi connectivity index (χ0) is 29.1. The fourth-order valence-electron chi connectivity index (χ4n) is 5.51. The SMILES string of the molecule is CC[C@@H](C)OC(=O)C1C(C)=NC2=C(C(=O)C[C@H](c3ccc(OC)c(OC)c3)C2)[C@@H]1c1cc(OC)c(OC)cc1Br. The van der Waals surface area contributed by atoms with E-state index in [0.29, 0.717) is 57.3 Å². The van der Waals surface area contributed by atoms with Crippen LogP contribution in [0.1, 0.15) is 63.0 Å². The van der Waals surface area contributed by atoms with Gasteiger partial charge < -0.3 is 23.7 Å². The van der Waals surface area contributed by atoms with Gasteiger partial charge in [0, 0.05) is 33.8 Å². The van der Waals surface area contributed by atoms with E-state index in [1.54, 1.807) is 34.5 Å². The third-order valence-corrected chi connectivity index (χ3v) is 8.44. The number of hydrogen-bond donors (Lipinski definition) is 0. The molecule has 4 atom stereocenters. The molecule has 8 nitrogen and oxygen atoms in total. The van der Waals surface area contributed by atoms with E-state index in [0.717, 1.165) is 11.1 Å². The van der Waals surface area contributed by atoms with E-state index in [2.05, 4.69) is 15.9 Å². The summed E-state index contributed by atoms with van der Waals surface area (Å²) >= 11 is 3.68. The molecule has 0 amide bonds. The number of methoxy groups -OCH3 is 4. The van der Waals surface area contributed by atoms with Crippen LogP contribution in [-0.2, 0) is 14.3 Å². The number of benzene rings is 2. The highest BCUT2D eigenvalue weighted by Crippen LogP contribution is 2.50. The van der Waals surface area contributed by atoms with Crippen LogP contribution in [0.15, 0.2) is 51.1 Å². The van der Waals surface area contributed by atoms with Crippen molar-refractivity contribution in [2.45, 2.75) is 58.0 Å². The first kappa shape index (κ1) is 29.6. The average molecular weight is 615 g/mol. The fourth-order valence-corrected chi connectivity index (χ4v) is 6.08. The Morgan fingerprint density at radius 1 is 0.975 bits per heavy atom. The monoisotopic (exact) mass is 613 g/mol. The number of hydrogen-bond acceptors (Lipinski definition) is 8. The number of ketones is 1. The maximum atomic E-state index is 14.0. The molecule has 0 bridgehead atoms. The molecule has 0 saturated carbocycles. The van der Waals surface area contributed by atoms with Gasteiger partial charge in [-0.25, -0.2) is 0 Å².